The average Bonchev–Trinajstić information content (AvgIpc) is 3.30. The number of benzene rings is 1. The molecule has 1 amide bonds. The molecule has 0 heterocycles. The van der Waals surface area contributed by atoms with Crippen molar-refractivity contribution >= 4 is 17.6 Å². The number of likely N-dealkylation sites (N-methyl/N-ethyl adjacent to an activating group) is 1. The third-order valence-electron chi connectivity index (χ3n) is 3.24. The second-order valence-corrected chi connectivity index (χ2v) is 4.93. The lowest BCUT2D eigenvalue weighted by Gasteiger charge is -2.19. The van der Waals surface area contributed by atoms with Crippen LogP contribution in [-0.2, 0) is 14.3 Å². The quantitative estimate of drug-likeness (QED) is 0.603. The smallest absolute Gasteiger partial charge is 0.344 e. The number of ether oxygens (including phenoxy) is 2. The normalized spacial score (nSPS) is 13.6. The molecule has 6 heteroatoms. The van der Waals surface area contributed by atoms with E-state index >= 15 is 0 Å². The van der Waals surface area contributed by atoms with Crippen LogP contribution in [0.5, 0.6) is 5.75 Å². The molecule has 0 atom stereocenters. The molecule has 2 rings (SSSR count). The molecule has 0 aliphatic heterocycles. The fraction of sp³-hybridized carbons (Fsp3) is 0.467. The molecule has 1 saturated carbocycles. The number of carbonyl (C=O) groups is 2. The summed E-state index contributed by atoms with van der Waals surface area (Å²) >= 11 is 0. The van der Waals surface area contributed by atoms with E-state index in [9.17, 15) is 9.59 Å². The first kappa shape index (κ1) is 15.2. The van der Waals surface area contributed by atoms with Crippen LogP contribution in [0.25, 0.3) is 0 Å². The molecule has 0 bridgehead atoms. The van der Waals surface area contributed by atoms with Crippen molar-refractivity contribution in [3.63, 3.8) is 0 Å². The van der Waals surface area contributed by atoms with E-state index in [4.69, 9.17) is 15.2 Å². The minimum absolute atomic E-state index is 0.152. The Kier molecular flexibility index (Phi) is 5.03. The summed E-state index contributed by atoms with van der Waals surface area (Å²) in [7, 11) is 0. The molecule has 0 saturated heterocycles. The standard InChI is InChI=1S/C15H20N2O4/c1-2-17(12-5-6-12)14(18)9-21-15(19)10-20-13-7-3-11(16)4-8-13/h3-4,7-8,12H,2,5-6,9-10,16H2,1H3. The van der Waals surface area contributed by atoms with Gasteiger partial charge in [-0.05, 0) is 44.0 Å². The summed E-state index contributed by atoms with van der Waals surface area (Å²) in [5, 5.41) is 0. The van der Waals surface area contributed by atoms with Gasteiger partial charge in [0.05, 0.1) is 0 Å². The van der Waals surface area contributed by atoms with Gasteiger partial charge in [0.25, 0.3) is 5.91 Å². The van der Waals surface area contributed by atoms with Gasteiger partial charge in [-0.25, -0.2) is 4.79 Å². The van der Waals surface area contributed by atoms with Crippen molar-refractivity contribution in [2.24, 2.45) is 0 Å². The van der Waals surface area contributed by atoms with Crippen LogP contribution in [0.3, 0.4) is 0 Å². The number of hydrogen-bond acceptors (Lipinski definition) is 5. The molecule has 114 valence electrons. The van der Waals surface area contributed by atoms with Crippen LogP contribution in [-0.4, -0.2) is 42.6 Å². The summed E-state index contributed by atoms with van der Waals surface area (Å²) < 4.78 is 10.2. The Morgan fingerprint density at radius 1 is 1.24 bits per heavy atom. The molecule has 1 fully saturated rings. The van der Waals surface area contributed by atoms with E-state index in [1.165, 1.54) is 0 Å². The van der Waals surface area contributed by atoms with Gasteiger partial charge in [-0.15, -0.1) is 0 Å². The number of rotatable bonds is 7. The van der Waals surface area contributed by atoms with Crippen molar-refractivity contribution in [3.8, 4) is 5.75 Å². The number of nitrogen functional groups attached to an aromatic ring is 1. The molecule has 1 aromatic rings. The predicted octanol–water partition coefficient (Wildman–Crippen LogP) is 1.20. The van der Waals surface area contributed by atoms with Crippen molar-refractivity contribution in [2.75, 3.05) is 25.5 Å². The van der Waals surface area contributed by atoms with Gasteiger partial charge in [0.1, 0.15) is 5.75 Å². The van der Waals surface area contributed by atoms with Crippen molar-refractivity contribution in [1.29, 1.82) is 0 Å². The van der Waals surface area contributed by atoms with E-state index in [2.05, 4.69) is 0 Å². The maximum Gasteiger partial charge on any atom is 0.344 e. The Hall–Kier alpha value is -2.24. The topological polar surface area (TPSA) is 81.9 Å². The summed E-state index contributed by atoms with van der Waals surface area (Å²) in [6.45, 7) is 2.10. The molecule has 0 aromatic heterocycles. The molecule has 6 nitrogen and oxygen atoms in total. The highest BCUT2D eigenvalue weighted by Crippen LogP contribution is 2.26. The summed E-state index contributed by atoms with van der Waals surface area (Å²) in [5.74, 6) is -0.187. The lowest BCUT2D eigenvalue weighted by Crippen LogP contribution is -2.36. The molecule has 1 aliphatic carbocycles. The molecule has 1 aliphatic rings. The molecule has 21 heavy (non-hydrogen) atoms. The summed E-state index contributed by atoms with van der Waals surface area (Å²) in [4.78, 5) is 25.2. The van der Waals surface area contributed by atoms with Crippen LogP contribution in [0, 0.1) is 0 Å². The fourth-order valence-corrected chi connectivity index (χ4v) is 2.00. The Morgan fingerprint density at radius 3 is 2.48 bits per heavy atom. The number of anilines is 1. The predicted molar refractivity (Wildman–Crippen MR) is 77.7 cm³/mol. The summed E-state index contributed by atoms with van der Waals surface area (Å²) in [6.07, 6.45) is 2.07. The first-order valence-corrected chi connectivity index (χ1v) is 7.03. The van der Waals surface area contributed by atoms with E-state index in [1.807, 2.05) is 6.92 Å². The number of esters is 1. The first-order valence-electron chi connectivity index (χ1n) is 7.03. The Morgan fingerprint density at radius 2 is 1.90 bits per heavy atom. The van der Waals surface area contributed by atoms with E-state index in [0.717, 1.165) is 12.8 Å². The van der Waals surface area contributed by atoms with Crippen LogP contribution in [0.4, 0.5) is 5.69 Å². The number of nitrogens with two attached hydrogens (primary N) is 1. The van der Waals surface area contributed by atoms with Gasteiger partial charge in [-0.1, -0.05) is 0 Å². The Balaban J connectivity index is 1.69. The molecular formula is C15H20N2O4. The van der Waals surface area contributed by atoms with Crippen molar-refractivity contribution < 1.29 is 19.1 Å². The zero-order valence-electron chi connectivity index (χ0n) is 12.1. The van der Waals surface area contributed by atoms with Crippen molar-refractivity contribution in [1.82, 2.24) is 4.90 Å². The van der Waals surface area contributed by atoms with Gasteiger partial charge in [0, 0.05) is 18.3 Å². The monoisotopic (exact) mass is 292 g/mol. The fourth-order valence-electron chi connectivity index (χ4n) is 2.00. The summed E-state index contributed by atoms with van der Waals surface area (Å²) in [6, 6.07) is 7.02. The van der Waals surface area contributed by atoms with Crippen LogP contribution in [0.15, 0.2) is 24.3 Å². The van der Waals surface area contributed by atoms with E-state index in [0.29, 0.717) is 24.0 Å². The number of hydrogen-bond donors (Lipinski definition) is 1. The SMILES string of the molecule is CCN(C(=O)COC(=O)COc1ccc(N)cc1)C1CC1. The third kappa shape index (κ3) is 4.66. The van der Waals surface area contributed by atoms with Gasteiger partial charge in [-0.2, -0.15) is 0 Å². The number of nitrogens with zero attached hydrogens (tertiary/aromatic N) is 1. The van der Waals surface area contributed by atoms with Gasteiger partial charge in [0.15, 0.2) is 13.2 Å². The Bertz CT molecular complexity index is 497. The highest BCUT2D eigenvalue weighted by Gasteiger charge is 2.31. The van der Waals surface area contributed by atoms with Crippen LogP contribution in [0.2, 0.25) is 0 Å². The zero-order valence-corrected chi connectivity index (χ0v) is 12.1. The Labute approximate surface area is 123 Å². The van der Waals surface area contributed by atoms with Crippen molar-refractivity contribution in [2.45, 2.75) is 25.8 Å². The van der Waals surface area contributed by atoms with Crippen LogP contribution in [0.1, 0.15) is 19.8 Å². The van der Waals surface area contributed by atoms with Gasteiger partial charge >= 0.3 is 5.97 Å². The molecule has 2 N–H and O–H groups in total. The van der Waals surface area contributed by atoms with E-state index in [-0.39, 0.29) is 19.1 Å². The molecule has 0 radical (unpaired) electrons. The summed E-state index contributed by atoms with van der Waals surface area (Å²) in [5.41, 5.74) is 6.17. The largest absolute Gasteiger partial charge is 0.482 e. The van der Waals surface area contributed by atoms with Gasteiger partial charge in [-0.3, -0.25) is 4.79 Å². The third-order valence-corrected chi connectivity index (χ3v) is 3.24. The lowest BCUT2D eigenvalue weighted by molar-refractivity contribution is -0.153. The van der Waals surface area contributed by atoms with E-state index in [1.54, 1.807) is 29.2 Å². The molecule has 0 spiro atoms. The maximum absolute atomic E-state index is 11.9. The second-order valence-electron chi connectivity index (χ2n) is 4.93. The highest BCUT2D eigenvalue weighted by atomic mass is 16.6. The zero-order chi connectivity index (χ0) is 15.2. The van der Waals surface area contributed by atoms with Crippen molar-refractivity contribution in [3.05, 3.63) is 24.3 Å². The molecule has 1 aromatic carbocycles. The molecule has 0 unspecified atom stereocenters. The minimum Gasteiger partial charge on any atom is -0.482 e. The van der Waals surface area contributed by atoms with Crippen LogP contribution < -0.4 is 10.5 Å². The second kappa shape index (κ2) is 6.97. The average molecular weight is 292 g/mol. The number of amides is 1. The number of carbonyl (C=O) groups excluding carboxylic acids is 2. The first-order chi connectivity index (χ1) is 10.1. The van der Waals surface area contributed by atoms with Gasteiger partial charge < -0.3 is 20.1 Å². The highest BCUT2D eigenvalue weighted by molar-refractivity contribution is 5.81. The molecular weight excluding hydrogens is 272 g/mol. The minimum atomic E-state index is -0.563. The van der Waals surface area contributed by atoms with E-state index < -0.39 is 5.97 Å². The lowest BCUT2D eigenvalue weighted by atomic mass is 10.3. The van der Waals surface area contributed by atoms with Crippen LogP contribution >= 0.6 is 0 Å². The van der Waals surface area contributed by atoms with Gasteiger partial charge in [0.2, 0.25) is 0 Å². The maximum atomic E-state index is 11.9.